The van der Waals surface area contributed by atoms with Crippen LogP contribution in [0.1, 0.15) is 45.2 Å². The molecule has 0 aromatic carbocycles. The zero-order chi connectivity index (χ0) is 14.0. The molecule has 0 spiro atoms. The summed E-state index contributed by atoms with van der Waals surface area (Å²) < 4.78 is 0.761. The monoisotopic (exact) mass is 325 g/mol. The largest absolute Gasteiger partial charge is 0.342 e. The molecule has 4 nitrogen and oxygen atoms in total. The van der Waals surface area contributed by atoms with Crippen molar-refractivity contribution >= 4 is 21.8 Å². The lowest BCUT2D eigenvalue weighted by Crippen LogP contribution is -2.43. The topological polar surface area (TPSA) is 46.1 Å². The first-order chi connectivity index (χ1) is 8.88. The Bertz CT molecular complexity index is 445. The number of rotatable bonds is 1. The predicted molar refractivity (Wildman–Crippen MR) is 77.7 cm³/mol. The molecule has 0 bridgehead atoms. The van der Waals surface area contributed by atoms with Crippen LogP contribution in [0.15, 0.2) is 17.0 Å². The number of hydrogen-bond acceptors (Lipinski definition) is 3. The van der Waals surface area contributed by atoms with Crippen LogP contribution in [0.5, 0.6) is 0 Å². The van der Waals surface area contributed by atoms with Crippen molar-refractivity contribution in [2.24, 2.45) is 5.41 Å². The Labute approximate surface area is 122 Å². The average Bonchev–Trinajstić information content (AvgIpc) is 2.38. The van der Waals surface area contributed by atoms with Gasteiger partial charge in [0.25, 0.3) is 0 Å². The van der Waals surface area contributed by atoms with Crippen LogP contribution in [-0.2, 0) is 4.79 Å². The van der Waals surface area contributed by atoms with Gasteiger partial charge in [-0.05, 0) is 28.8 Å². The minimum atomic E-state index is -0.287. The van der Waals surface area contributed by atoms with Gasteiger partial charge in [-0.15, -0.1) is 0 Å². The minimum Gasteiger partial charge on any atom is -0.342 e. The molecule has 1 aromatic rings. The first-order valence-corrected chi connectivity index (χ1v) is 7.44. The van der Waals surface area contributed by atoms with Crippen molar-refractivity contribution in [3.05, 3.63) is 22.7 Å². The van der Waals surface area contributed by atoms with E-state index in [0.29, 0.717) is 5.92 Å². The van der Waals surface area contributed by atoms with Crippen LogP contribution in [0.25, 0.3) is 0 Å². The highest BCUT2D eigenvalue weighted by Gasteiger charge is 2.31. The van der Waals surface area contributed by atoms with Crippen LogP contribution < -0.4 is 0 Å². The fourth-order valence-electron chi connectivity index (χ4n) is 2.39. The molecule has 1 aromatic heterocycles. The van der Waals surface area contributed by atoms with Gasteiger partial charge in [0, 0.05) is 24.4 Å². The molecule has 1 fully saturated rings. The van der Waals surface area contributed by atoms with Gasteiger partial charge in [0.15, 0.2) is 0 Å². The lowest BCUT2D eigenvalue weighted by Gasteiger charge is -2.35. The second kappa shape index (κ2) is 5.57. The molecule has 1 amide bonds. The maximum Gasteiger partial charge on any atom is 0.227 e. The molecule has 5 heteroatoms. The molecule has 19 heavy (non-hydrogen) atoms. The van der Waals surface area contributed by atoms with Crippen LogP contribution in [-0.4, -0.2) is 33.9 Å². The molecule has 0 atom stereocenters. The molecule has 2 rings (SSSR count). The average molecular weight is 326 g/mol. The van der Waals surface area contributed by atoms with Crippen LogP contribution in [0.2, 0.25) is 0 Å². The van der Waals surface area contributed by atoms with Gasteiger partial charge in [-0.2, -0.15) is 0 Å². The SMILES string of the molecule is CC(C)(C)C(=O)N1CCC(c2cnc(Br)cn2)CC1. The molecular formula is C14H20BrN3O. The summed E-state index contributed by atoms with van der Waals surface area (Å²) in [5.74, 6) is 0.664. The summed E-state index contributed by atoms with van der Waals surface area (Å²) in [5.41, 5.74) is 0.746. The molecule has 0 unspecified atom stereocenters. The van der Waals surface area contributed by atoms with Crippen molar-refractivity contribution in [2.45, 2.75) is 39.5 Å². The summed E-state index contributed by atoms with van der Waals surface area (Å²) in [6.45, 7) is 7.56. The maximum atomic E-state index is 12.2. The van der Waals surface area contributed by atoms with Crippen LogP contribution >= 0.6 is 15.9 Å². The number of likely N-dealkylation sites (tertiary alicyclic amines) is 1. The van der Waals surface area contributed by atoms with Gasteiger partial charge in [0.2, 0.25) is 5.91 Å². The Balaban J connectivity index is 1.96. The highest BCUT2D eigenvalue weighted by molar-refractivity contribution is 9.10. The predicted octanol–water partition coefficient (Wildman–Crippen LogP) is 2.99. The van der Waals surface area contributed by atoms with E-state index < -0.39 is 0 Å². The number of nitrogens with zero attached hydrogens (tertiary/aromatic N) is 3. The summed E-state index contributed by atoms with van der Waals surface area (Å²) in [6, 6.07) is 0. The van der Waals surface area contributed by atoms with Gasteiger partial charge >= 0.3 is 0 Å². The van der Waals surface area contributed by atoms with Crippen molar-refractivity contribution in [1.29, 1.82) is 0 Å². The van der Waals surface area contributed by atoms with E-state index in [1.54, 1.807) is 6.20 Å². The zero-order valence-electron chi connectivity index (χ0n) is 11.7. The van der Waals surface area contributed by atoms with Crippen molar-refractivity contribution in [3.8, 4) is 0 Å². The first-order valence-electron chi connectivity index (χ1n) is 6.65. The summed E-state index contributed by atoms with van der Waals surface area (Å²) in [7, 11) is 0. The third-order valence-corrected chi connectivity index (χ3v) is 3.89. The fraction of sp³-hybridized carbons (Fsp3) is 0.643. The smallest absolute Gasteiger partial charge is 0.227 e. The van der Waals surface area contributed by atoms with E-state index in [2.05, 4.69) is 25.9 Å². The molecule has 0 aliphatic carbocycles. The Morgan fingerprint density at radius 3 is 2.37 bits per heavy atom. The number of aromatic nitrogens is 2. The van der Waals surface area contributed by atoms with Crippen LogP contribution in [0, 0.1) is 5.41 Å². The summed E-state index contributed by atoms with van der Waals surface area (Å²) in [6.07, 6.45) is 5.51. The van der Waals surface area contributed by atoms with Crippen molar-refractivity contribution in [2.75, 3.05) is 13.1 Å². The van der Waals surface area contributed by atoms with E-state index in [4.69, 9.17) is 0 Å². The van der Waals surface area contributed by atoms with Gasteiger partial charge < -0.3 is 4.90 Å². The number of carbonyl (C=O) groups excluding carboxylic acids is 1. The summed E-state index contributed by atoms with van der Waals surface area (Å²) in [5, 5.41) is 0. The van der Waals surface area contributed by atoms with Crippen molar-refractivity contribution in [1.82, 2.24) is 14.9 Å². The third kappa shape index (κ3) is 3.53. The maximum absolute atomic E-state index is 12.2. The van der Waals surface area contributed by atoms with Gasteiger partial charge in [-0.3, -0.25) is 9.78 Å². The number of carbonyl (C=O) groups is 1. The molecule has 0 N–H and O–H groups in total. The summed E-state index contributed by atoms with van der Waals surface area (Å²) in [4.78, 5) is 22.8. The number of hydrogen-bond donors (Lipinski definition) is 0. The minimum absolute atomic E-state index is 0.243. The van der Waals surface area contributed by atoms with E-state index in [-0.39, 0.29) is 11.3 Å². The van der Waals surface area contributed by atoms with Gasteiger partial charge in [0.05, 0.1) is 18.1 Å². The van der Waals surface area contributed by atoms with Gasteiger partial charge in [0.1, 0.15) is 4.60 Å². The lowest BCUT2D eigenvalue weighted by atomic mass is 9.90. The molecule has 104 valence electrons. The van der Waals surface area contributed by atoms with E-state index in [0.717, 1.165) is 36.2 Å². The molecule has 2 heterocycles. The quantitative estimate of drug-likeness (QED) is 0.797. The number of piperidine rings is 1. The zero-order valence-corrected chi connectivity index (χ0v) is 13.3. The highest BCUT2D eigenvalue weighted by Crippen LogP contribution is 2.29. The molecule has 0 radical (unpaired) electrons. The highest BCUT2D eigenvalue weighted by atomic mass is 79.9. The normalized spacial score (nSPS) is 17.6. The second-order valence-corrected chi connectivity index (χ2v) is 6.89. The molecule has 1 aliphatic heterocycles. The van der Waals surface area contributed by atoms with Crippen molar-refractivity contribution < 1.29 is 4.79 Å². The van der Waals surface area contributed by atoms with E-state index in [1.807, 2.05) is 31.9 Å². The first kappa shape index (κ1) is 14.4. The van der Waals surface area contributed by atoms with E-state index >= 15 is 0 Å². The van der Waals surface area contributed by atoms with Gasteiger partial charge in [-0.1, -0.05) is 20.8 Å². The van der Waals surface area contributed by atoms with Crippen LogP contribution in [0.4, 0.5) is 0 Å². The van der Waals surface area contributed by atoms with Crippen molar-refractivity contribution in [3.63, 3.8) is 0 Å². The van der Waals surface area contributed by atoms with Gasteiger partial charge in [-0.25, -0.2) is 4.98 Å². The van der Waals surface area contributed by atoms with Crippen LogP contribution in [0.3, 0.4) is 0 Å². The third-order valence-electron chi connectivity index (χ3n) is 3.48. The molecule has 0 saturated carbocycles. The summed E-state index contributed by atoms with van der Waals surface area (Å²) >= 11 is 3.29. The Morgan fingerprint density at radius 1 is 1.26 bits per heavy atom. The lowest BCUT2D eigenvalue weighted by molar-refractivity contribution is -0.140. The van der Waals surface area contributed by atoms with E-state index in [1.165, 1.54) is 0 Å². The molecule has 1 saturated heterocycles. The Kier molecular flexibility index (Phi) is 4.23. The Hall–Kier alpha value is -0.970. The molecular weight excluding hydrogens is 306 g/mol. The Morgan fingerprint density at radius 2 is 1.89 bits per heavy atom. The fourth-order valence-corrected chi connectivity index (χ4v) is 2.59. The molecule has 1 aliphatic rings. The number of halogens is 1. The van der Waals surface area contributed by atoms with E-state index in [9.17, 15) is 4.79 Å². The standard InChI is InChI=1S/C14H20BrN3O/c1-14(2,3)13(19)18-6-4-10(5-7-18)11-8-17-12(15)9-16-11/h8-10H,4-7H2,1-3H3. The number of amides is 1. The second-order valence-electron chi connectivity index (χ2n) is 6.08.